The minimum absolute atomic E-state index is 0.0310. The first-order valence-corrected chi connectivity index (χ1v) is 15.4. The van der Waals surface area contributed by atoms with Crippen molar-refractivity contribution < 1.29 is 34.0 Å². The van der Waals surface area contributed by atoms with Gasteiger partial charge in [0.25, 0.3) is 0 Å². The van der Waals surface area contributed by atoms with Crippen molar-refractivity contribution in [1.29, 1.82) is 0 Å². The number of ether oxygens (including phenoxy) is 3. The molecule has 0 unspecified atom stereocenters. The van der Waals surface area contributed by atoms with E-state index in [4.69, 9.17) is 54.7 Å². The number of unbranched alkanes of at least 4 members (excludes halogenated alkanes) is 11. The van der Waals surface area contributed by atoms with Crippen LogP contribution in [0, 0.1) is 0 Å². The predicted octanol–water partition coefficient (Wildman–Crippen LogP) is 4.36. The lowest BCUT2D eigenvalue weighted by Gasteiger charge is -2.16. The average Bonchev–Trinajstić information content (AvgIpc) is 3.19. The summed E-state index contributed by atoms with van der Waals surface area (Å²) in [4.78, 5) is 39.2. The number of aliphatic hydroxyl groups is 2. The Morgan fingerprint density at radius 2 is 1.37 bits per heavy atom. The topological polar surface area (TPSA) is 163 Å². The number of aliphatic hydroxyl groups excluding tert-OH is 2. The number of rotatable bonds is 19. The van der Waals surface area contributed by atoms with E-state index in [9.17, 15) is 24.6 Å². The molecule has 4 N–H and O–H groups in total. The van der Waals surface area contributed by atoms with Crippen molar-refractivity contribution in [2.45, 2.75) is 118 Å². The Labute approximate surface area is 255 Å². The van der Waals surface area contributed by atoms with E-state index in [1.807, 2.05) is 0 Å². The summed E-state index contributed by atoms with van der Waals surface area (Å²) in [5.74, 6) is -0.706. The largest absolute Gasteiger partial charge is 0.463 e. The fraction of sp³-hybridized carbons (Fsp3) is 0.778. The molecule has 11 nitrogen and oxygen atoms in total. The molecule has 0 aromatic carbocycles. The molecule has 2 heterocycles. The Bertz CT molecular complexity index is 991. The molecule has 0 aliphatic carbocycles. The van der Waals surface area contributed by atoms with Crippen LogP contribution in [0.4, 0.5) is 5.82 Å². The lowest BCUT2D eigenvalue weighted by atomic mass is 10.0. The second-order valence-corrected chi connectivity index (χ2v) is 12.8. The fourth-order valence-corrected chi connectivity index (χ4v) is 4.67. The molecule has 2 rings (SSSR count). The Hall–Kier alpha value is -1.63. The predicted molar refractivity (Wildman–Crippen MR) is 156 cm³/mol. The summed E-state index contributed by atoms with van der Waals surface area (Å²) in [7, 11) is 0. The molecule has 41 heavy (non-hydrogen) atoms. The van der Waals surface area contributed by atoms with Crippen molar-refractivity contribution in [3.8, 4) is 0 Å². The highest BCUT2D eigenvalue weighted by atomic mass is 35.6. The Morgan fingerprint density at radius 1 is 0.878 bits per heavy atom. The highest BCUT2D eigenvalue weighted by Gasteiger charge is 2.44. The van der Waals surface area contributed by atoms with Gasteiger partial charge in [0.1, 0.15) is 37.3 Å². The molecule has 1 saturated heterocycles. The smallest absolute Gasteiger partial charge is 0.351 e. The minimum Gasteiger partial charge on any atom is -0.463 e. The van der Waals surface area contributed by atoms with Crippen molar-refractivity contribution in [1.82, 2.24) is 9.55 Å². The van der Waals surface area contributed by atoms with Gasteiger partial charge in [-0.2, -0.15) is 4.98 Å². The number of nitrogens with two attached hydrogens (primary N) is 1. The molecule has 4 atom stereocenters. The summed E-state index contributed by atoms with van der Waals surface area (Å²) in [6, 6.07) is 1.38. The van der Waals surface area contributed by atoms with Gasteiger partial charge in [-0.25, -0.2) is 4.79 Å². The van der Waals surface area contributed by atoms with Crippen LogP contribution in [0.5, 0.6) is 0 Å². The molecule has 0 bridgehead atoms. The molecular formula is C27H42Cl3N3O8. The first-order chi connectivity index (χ1) is 19.5. The second-order valence-electron chi connectivity index (χ2n) is 10.3. The van der Waals surface area contributed by atoms with Gasteiger partial charge >= 0.3 is 17.6 Å². The average molecular weight is 643 g/mol. The van der Waals surface area contributed by atoms with Crippen LogP contribution in [-0.4, -0.2) is 67.0 Å². The third kappa shape index (κ3) is 14.4. The molecule has 0 radical (unpaired) electrons. The van der Waals surface area contributed by atoms with Crippen molar-refractivity contribution in [3.63, 3.8) is 0 Å². The molecule has 0 spiro atoms. The zero-order valence-corrected chi connectivity index (χ0v) is 25.5. The van der Waals surface area contributed by atoms with Crippen LogP contribution < -0.4 is 11.4 Å². The zero-order valence-electron chi connectivity index (χ0n) is 23.2. The standard InChI is InChI=1S/C27H42Cl3N3O8/c28-27(29,30)18-40-22(35)14-12-10-8-6-4-2-1-3-5-7-9-11-13-21(34)39-17-19-23(36)24(37)25(41-19)33-16-15-20(31)32-26(33)38/h15-16,19,23-25,36-37H,1-14,17-18H2,(H2,31,32,38)/t19-,23-,24+,25-/m1/s1. The van der Waals surface area contributed by atoms with Gasteiger partial charge < -0.3 is 30.2 Å². The highest BCUT2D eigenvalue weighted by Crippen LogP contribution is 2.29. The number of anilines is 1. The number of hydrogen-bond donors (Lipinski definition) is 3. The van der Waals surface area contributed by atoms with Gasteiger partial charge in [-0.3, -0.25) is 14.2 Å². The van der Waals surface area contributed by atoms with Crippen LogP contribution in [0.2, 0.25) is 0 Å². The van der Waals surface area contributed by atoms with E-state index in [0.29, 0.717) is 12.8 Å². The third-order valence-electron chi connectivity index (χ3n) is 6.78. The van der Waals surface area contributed by atoms with E-state index in [1.54, 1.807) is 0 Å². The van der Waals surface area contributed by atoms with Crippen LogP contribution in [0.25, 0.3) is 0 Å². The maximum absolute atomic E-state index is 12.1. The number of nitrogens with zero attached hydrogens (tertiary/aromatic N) is 2. The summed E-state index contributed by atoms with van der Waals surface area (Å²) in [6.07, 6.45) is 9.59. The summed E-state index contributed by atoms with van der Waals surface area (Å²) in [6.45, 7) is -0.454. The monoisotopic (exact) mass is 641 g/mol. The normalized spacial score (nSPS) is 20.7. The molecule has 234 valence electrons. The van der Waals surface area contributed by atoms with Crippen LogP contribution in [-0.2, 0) is 23.8 Å². The van der Waals surface area contributed by atoms with Gasteiger partial charge in [-0.05, 0) is 18.9 Å². The zero-order chi connectivity index (χ0) is 30.3. The second kappa shape index (κ2) is 18.8. The van der Waals surface area contributed by atoms with Gasteiger partial charge in [0.15, 0.2) is 6.23 Å². The summed E-state index contributed by atoms with van der Waals surface area (Å²) >= 11 is 16.6. The molecule has 1 fully saturated rings. The maximum Gasteiger partial charge on any atom is 0.351 e. The van der Waals surface area contributed by atoms with Crippen molar-refractivity contribution in [2.24, 2.45) is 0 Å². The first-order valence-electron chi connectivity index (χ1n) is 14.2. The van der Waals surface area contributed by atoms with Crippen LogP contribution in [0.3, 0.4) is 0 Å². The molecule has 1 aliphatic heterocycles. The Kier molecular flexibility index (Phi) is 16.3. The number of hydrogen-bond acceptors (Lipinski definition) is 10. The molecular weight excluding hydrogens is 601 g/mol. The van der Waals surface area contributed by atoms with E-state index in [0.717, 1.165) is 55.9 Å². The highest BCUT2D eigenvalue weighted by molar-refractivity contribution is 6.67. The summed E-state index contributed by atoms with van der Waals surface area (Å²) in [5.41, 5.74) is 4.75. The summed E-state index contributed by atoms with van der Waals surface area (Å²) < 4.78 is 15.2. The molecule has 14 heteroatoms. The van der Waals surface area contributed by atoms with Crippen LogP contribution in [0.1, 0.15) is 96.1 Å². The van der Waals surface area contributed by atoms with E-state index in [1.165, 1.54) is 31.5 Å². The Balaban J connectivity index is 1.42. The van der Waals surface area contributed by atoms with Crippen molar-refractivity contribution in [3.05, 3.63) is 22.7 Å². The molecule has 1 aromatic heterocycles. The van der Waals surface area contributed by atoms with Crippen molar-refractivity contribution in [2.75, 3.05) is 18.9 Å². The lowest BCUT2D eigenvalue weighted by Crippen LogP contribution is -2.36. The lowest BCUT2D eigenvalue weighted by molar-refractivity contribution is -0.150. The third-order valence-corrected chi connectivity index (χ3v) is 7.11. The van der Waals surface area contributed by atoms with E-state index < -0.39 is 40.0 Å². The number of halogens is 3. The molecule has 1 aromatic rings. The number of carbonyl (C=O) groups is 2. The van der Waals surface area contributed by atoms with Gasteiger partial charge in [0, 0.05) is 19.0 Å². The number of aromatic nitrogens is 2. The SMILES string of the molecule is Nc1ccn([C@@H]2O[C@H](COC(=O)CCCCCCCCCCCCCCC(=O)OCC(Cl)(Cl)Cl)[C@@H](O)[C@@H]2O)c(=O)n1. The van der Waals surface area contributed by atoms with Gasteiger partial charge in [0.2, 0.25) is 3.79 Å². The Morgan fingerprint density at radius 3 is 1.85 bits per heavy atom. The summed E-state index contributed by atoms with van der Waals surface area (Å²) in [5, 5.41) is 20.5. The molecule has 1 aliphatic rings. The van der Waals surface area contributed by atoms with Gasteiger partial charge in [-0.15, -0.1) is 0 Å². The van der Waals surface area contributed by atoms with E-state index in [2.05, 4.69) is 4.98 Å². The maximum atomic E-state index is 12.1. The molecule has 0 saturated carbocycles. The first kappa shape index (κ1) is 35.6. The van der Waals surface area contributed by atoms with Gasteiger partial charge in [0.05, 0.1) is 0 Å². The van der Waals surface area contributed by atoms with Crippen molar-refractivity contribution >= 4 is 52.6 Å². The fourth-order valence-electron chi connectivity index (χ4n) is 4.50. The van der Waals surface area contributed by atoms with Gasteiger partial charge in [-0.1, -0.05) is 99.0 Å². The number of alkyl halides is 3. The van der Waals surface area contributed by atoms with Crippen LogP contribution >= 0.6 is 34.8 Å². The van der Waals surface area contributed by atoms with E-state index in [-0.39, 0.29) is 31.4 Å². The quantitative estimate of drug-likeness (QED) is 0.112. The van der Waals surface area contributed by atoms with E-state index >= 15 is 0 Å². The van der Waals surface area contributed by atoms with Crippen LogP contribution in [0.15, 0.2) is 17.1 Å². The minimum atomic E-state index is -1.57. The number of carbonyl (C=O) groups excluding carboxylic acids is 2. The number of nitrogen functional groups attached to an aromatic ring is 1. The number of esters is 2. The molecule has 0 amide bonds.